The summed E-state index contributed by atoms with van der Waals surface area (Å²) in [5.41, 5.74) is 6.04. The lowest BCUT2D eigenvalue weighted by Gasteiger charge is -2.15. The maximum absolute atomic E-state index is 11.6. The summed E-state index contributed by atoms with van der Waals surface area (Å²) in [6, 6.07) is 0.0524. The van der Waals surface area contributed by atoms with Crippen LogP contribution in [0, 0.1) is 5.92 Å². The first-order valence-corrected chi connectivity index (χ1v) is 4.60. The molecule has 0 aromatic carbocycles. The average molecular weight is 169 g/mol. The Kier molecular flexibility index (Phi) is 2.02. The molecule has 2 aliphatic rings. The molecule has 0 aromatic rings. The second-order valence-electron chi connectivity index (χ2n) is 3.55. The molecule has 2 atom stereocenters. The Balaban J connectivity index is 2.01. The molecule has 2 fully saturated rings. The Hall–Kier alpha value is -0.610. The highest BCUT2D eigenvalue weighted by Crippen LogP contribution is 2.20. The first-order valence-electron chi connectivity index (χ1n) is 4.60. The van der Waals surface area contributed by atoms with Crippen LogP contribution in [0.1, 0.15) is 13.3 Å². The molecule has 68 valence electrons. The zero-order valence-corrected chi connectivity index (χ0v) is 7.34. The zero-order chi connectivity index (χ0) is 8.55. The molecule has 0 radical (unpaired) electrons. The highest BCUT2D eigenvalue weighted by molar-refractivity contribution is 5.84. The van der Waals surface area contributed by atoms with Crippen LogP contribution >= 0.6 is 0 Å². The highest BCUT2D eigenvalue weighted by Gasteiger charge is 2.42. The molecular weight excluding hydrogens is 154 g/mol. The molecule has 1 amide bonds. The molecule has 4 heteroatoms. The lowest BCUT2D eigenvalue weighted by Crippen LogP contribution is -2.40. The van der Waals surface area contributed by atoms with Gasteiger partial charge in [-0.25, -0.2) is 5.43 Å². The second-order valence-corrected chi connectivity index (χ2v) is 3.55. The Morgan fingerprint density at radius 2 is 2.50 bits per heavy atom. The third kappa shape index (κ3) is 1.11. The minimum atomic E-state index is 0.0524. The number of nitrogens with zero attached hydrogens (tertiary/aromatic N) is 1. The number of carbonyl (C=O) groups is 1. The van der Waals surface area contributed by atoms with Crippen molar-refractivity contribution < 1.29 is 4.79 Å². The van der Waals surface area contributed by atoms with Gasteiger partial charge in [0.1, 0.15) is 6.04 Å². The fraction of sp³-hybridized carbons (Fsp3) is 0.875. The van der Waals surface area contributed by atoms with Crippen molar-refractivity contribution in [3.63, 3.8) is 0 Å². The number of hydrogen-bond donors (Lipinski definition) is 2. The Bertz CT molecular complexity index is 195. The molecular formula is C8H15N3O. The van der Waals surface area contributed by atoms with Crippen LogP contribution in [0.5, 0.6) is 0 Å². The van der Waals surface area contributed by atoms with Crippen molar-refractivity contribution in [3.8, 4) is 0 Å². The number of hydrogen-bond acceptors (Lipinski definition) is 3. The number of fused-ring (bicyclic) bond motifs is 1. The molecule has 0 aromatic heterocycles. The Morgan fingerprint density at radius 1 is 1.67 bits per heavy atom. The van der Waals surface area contributed by atoms with E-state index in [9.17, 15) is 4.79 Å². The van der Waals surface area contributed by atoms with E-state index in [-0.39, 0.29) is 11.9 Å². The molecule has 12 heavy (non-hydrogen) atoms. The van der Waals surface area contributed by atoms with Crippen molar-refractivity contribution in [2.45, 2.75) is 19.4 Å². The van der Waals surface area contributed by atoms with E-state index in [0.29, 0.717) is 5.92 Å². The standard InChI is InChI=1S/C8H15N3O/c1-2-3-11-5-6-4-9-10-7(6)8(11)12/h6-7,9-10H,2-5H2,1H3/t6-,7-/m0/s1. The van der Waals surface area contributed by atoms with E-state index < -0.39 is 0 Å². The number of nitrogens with one attached hydrogen (secondary N) is 2. The number of likely N-dealkylation sites (tertiary alicyclic amines) is 1. The minimum absolute atomic E-state index is 0.0524. The van der Waals surface area contributed by atoms with Gasteiger partial charge in [-0.05, 0) is 6.42 Å². The van der Waals surface area contributed by atoms with E-state index in [2.05, 4.69) is 17.8 Å². The molecule has 2 heterocycles. The summed E-state index contributed by atoms with van der Waals surface area (Å²) < 4.78 is 0. The van der Waals surface area contributed by atoms with Crippen molar-refractivity contribution in [1.29, 1.82) is 0 Å². The van der Waals surface area contributed by atoms with Gasteiger partial charge < -0.3 is 4.90 Å². The lowest BCUT2D eigenvalue weighted by atomic mass is 10.1. The quantitative estimate of drug-likeness (QED) is 0.576. The summed E-state index contributed by atoms with van der Waals surface area (Å²) in [6.07, 6.45) is 1.05. The van der Waals surface area contributed by atoms with E-state index in [1.54, 1.807) is 0 Å². The fourth-order valence-electron chi connectivity index (χ4n) is 2.01. The maximum Gasteiger partial charge on any atom is 0.241 e. The van der Waals surface area contributed by atoms with E-state index >= 15 is 0 Å². The maximum atomic E-state index is 11.6. The van der Waals surface area contributed by atoms with Gasteiger partial charge in [-0.15, -0.1) is 0 Å². The van der Waals surface area contributed by atoms with E-state index in [1.165, 1.54) is 0 Å². The van der Waals surface area contributed by atoms with Crippen LogP contribution in [0.3, 0.4) is 0 Å². The predicted molar refractivity (Wildman–Crippen MR) is 45.3 cm³/mol. The van der Waals surface area contributed by atoms with E-state index in [0.717, 1.165) is 26.1 Å². The summed E-state index contributed by atoms with van der Waals surface area (Å²) in [5.74, 6) is 0.760. The fourth-order valence-corrected chi connectivity index (χ4v) is 2.01. The van der Waals surface area contributed by atoms with Crippen LogP contribution in [0.25, 0.3) is 0 Å². The van der Waals surface area contributed by atoms with Gasteiger partial charge >= 0.3 is 0 Å². The highest BCUT2D eigenvalue weighted by atomic mass is 16.2. The van der Waals surface area contributed by atoms with Gasteiger partial charge in [0.05, 0.1) is 0 Å². The summed E-state index contributed by atoms with van der Waals surface area (Å²) in [7, 11) is 0. The predicted octanol–water partition coefficient (Wildman–Crippen LogP) is -0.669. The number of hydrazine groups is 1. The van der Waals surface area contributed by atoms with Gasteiger partial charge in [0.2, 0.25) is 5.91 Å². The van der Waals surface area contributed by atoms with Crippen molar-refractivity contribution in [2.24, 2.45) is 5.92 Å². The van der Waals surface area contributed by atoms with E-state index in [1.807, 2.05) is 4.90 Å². The molecule has 4 nitrogen and oxygen atoms in total. The first-order chi connectivity index (χ1) is 5.83. The number of amides is 1. The van der Waals surface area contributed by atoms with Gasteiger partial charge in [0, 0.05) is 25.6 Å². The van der Waals surface area contributed by atoms with Crippen LogP contribution in [0.4, 0.5) is 0 Å². The smallest absolute Gasteiger partial charge is 0.241 e. The molecule has 0 aliphatic carbocycles. The Morgan fingerprint density at radius 3 is 3.17 bits per heavy atom. The summed E-state index contributed by atoms with van der Waals surface area (Å²) >= 11 is 0. The normalized spacial score (nSPS) is 34.4. The van der Waals surface area contributed by atoms with Crippen molar-refractivity contribution in [1.82, 2.24) is 15.8 Å². The van der Waals surface area contributed by atoms with Gasteiger partial charge in [-0.1, -0.05) is 6.92 Å². The zero-order valence-electron chi connectivity index (χ0n) is 7.34. The van der Waals surface area contributed by atoms with Crippen molar-refractivity contribution >= 4 is 5.91 Å². The van der Waals surface area contributed by atoms with Gasteiger partial charge in [-0.3, -0.25) is 10.2 Å². The monoisotopic (exact) mass is 169 g/mol. The molecule has 2 N–H and O–H groups in total. The number of rotatable bonds is 2. The summed E-state index contributed by atoms with van der Waals surface area (Å²) in [5, 5.41) is 0. The van der Waals surface area contributed by atoms with Crippen LogP contribution < -0.4 is 10.9 Å². The van der Waals surface area contributed by atoms with Crippen molar-refractivity contribution in [2.75, 3.05) is 19.6 Å². The first kappa shape index (κ1) is 8.01. The molecule has 2 rings (SSSR count). The van der Waals surface area contributed by atoms with Crippen LogP contribution in [0.15, 0.2) is 0 Å². The molecule has 2 saturated heterocycles. The molecule has 0 unspecified atom stereocenters. The van der Waals surface area contributed by atoms with Gasteiger partial charge in [-0.2, -0.15) is 0 Å². The topological polar surface area (TPSA) is 44.4 Å². The second kappa shape index (κ2) is 3.03. The number of carbonyl (C=O) groups excluding carboxylic acids is 1. The third-order valence-electron chi connectivity index (χ3n) is 2.62. The largest absolute Gasteiger partial charge is 0.341 e. The Labute approximate surface area is 72.3 Å². The van der Waals surface area contributed by atoms with Crippen molar-refractivity contribution in [3.05, 3.63) is 0 Å². The van der Waals surface area contributed by atoms with Crippen LogP contribution in [-0.2, 0) is 4.79 Å². The minimum Gasteiger partial charge on any atom is -0.341 e. The van der Waals surface area contributed by atoms with E-state index in [4.69, 9.17) is 0 Å². The molecule has 0 saturated carbocycles. The summed E-state index contributed by atoms with van der Waals surface area (Å²) in [4.78, 5) is 13.6. The molecule has 0 spiro atoms. The molecule has 0 bridgehead atoms. The lowest BCUT2D eigenvalue weighted by molar-refractivity contribution is -0.129. The van der Waals surface area contributed by atoms with Crippen LogP contribution in [-0.4, -0.2) is 36.5 Å². The van der Waals surface area contributed by atoms with Crippen LogP contribution in [0.2, 0.25) is 0 Å². The third-order valence-corrected chi connectivity index (χ3v) is 2.62. The SMILES string of the molecule is CCCN1C[C@@H]2CNN[C@@H]2C1=O. The van der Waals surface area contributed by atoms with Gasteiger partial charge in [0.15, 0.2) is 0 Å². The molecule has 2 aliphatic heterocycles. The average Bonchev–Trinajstić information content (AvgIpc) is 2.58. The van der Waals surface area contributed by atoms with Gasteiger partial charge in [0.25, 0.3) is 0 Å². The summed E-state index contributed by atoms with van der Waals surface area (Å²) in [6.45, 7) is 4.87.